The molecule has 14 heavy (non-hydrogen) atoms. The summed E-state index contributed by atoms with van der Waals surface area (Å²) in [6, 6.07) is 0. The minimum absolute atomic E-state index is 0.648. The number of hydrogen-bond donors (Lipinski definition) is 0. The van der Waals surface area contributed by atoms with Gasteiger partial charge in [-0.3, -0.25) is 0 Å². The summed E-state index contributed by atoms with van der Waals surface area (Å²) in [5.41, 5.74) is 1.39. The van der Waals surface area contributed by atoms with Crippen LogP contribution in [0.5, 0.6) is 0 Å². The van der Waals surface area contributed by atoms with Crippen LogP contribution in [0.1, 0.15) is 59.3 Å². The smallest absolute Gasteiger partial charge is 0.0241 e. The molecule has 0 saturated heterocycles. The Bertz CT molecular complexity index is 237. The maximum Gasteiger partial charge on any atom is -0.0241 e. The predicted molar refractivity (Wildman–Crippen MR) is 60.1 cm³/mol. The topological polar surface area (TPSA) is 0 Å². The van der Waals surface area contributed by atoms with Gasteiger partial charge < -0.3 is 0 Å². The standard InChI is InChI=1S/C14H24/c1-4-14-8-10-5-11(9-14)7-12(6-10)13(14,2)3/h10-12H,4-9H2,1-3H3. The van der Waals surface area contributed by atoms with Crippen LogP contribution >= 0.6 is 0 Å². The average molecular weight is 192 g/mol. The molecule has 0 N–H and O–H groups in total. The fourth-order valence-corrected chi connectivity index (χ4v) is 5.38. The Hall–Kier alpha value is 0. The highest BCUT2D eigenvalue weighted by Crippen LogP contribution is 2.69. The molecule has 4 aliphatic rings. The van der Waals surface area contributed by atoms with E-state index in [1.807, 2.05) is 0 Å². The third-order valence-electron chi connectivity index (χ3n) is 6.33. The van der Waals surface area contributed by atoms with Gasteiger partial charge in [0.1, 0.15) is 0 Å². The zero-order chi connectivity index (χ0) is 9.97. The predicted octanol–water partition coefficient (Wildman–Crippen LogP) is 4.25. The highest BCUT2D eigenvalue weighted by molar-refractivity contribution is 5.09. The van der Waals surface area contributed by atoms with Crippen molar-refractivity contribution >= 4 is 0 Å². The van der Waals surface area contributed by atoms with Crippen molar-refractivity contribution in [3.63, 3.8) is 0 Å². The second-order valence-electron chi connectivity index (χ2n) is 6.90. The summed E-state index contributed by atoms with van der Waals surface area (Å²) >= 11 is 0. The van der Waals surface area contributed by atoms with E-state index in [4.69, 9.17) is 0 Å². The second kappa shape index (κ2) is 2.57. The normalized spacial score (nSPS) is 53.8. The molecular weight excluding hydrogens is 168 g/mol. The van der Waals surface area contributed by atoms with Gasteiger partial charge in [-0.1, -0.05) is 20.8 Å². The van der Waals surface area contributed by atoms with Crippen LogP contribution in [0.4, 0.5) is 0 Å². The molecule has 4 fully saturated rings. The van der Waals surface area contributed by atoms with E-state index >= 15 is 0 Å². The monoisotopic (exact) mass is 192 g/mol. The quantitative estimate of drug-likeness (QED) is 0.582. The lowest BCUT2D eigenvalue weighted by atomic mass is 9.39. The third-order valence-corrected chi connectivity index (χ3v) is 6.33. The van der Waals surface area contributed by atoms with Crippen molar-refractivity contribution in [2.45, 2.75) is 59.3 Å². The molecule has 0 heteroatoms. The van der Waals surface area contributed by atoms with Crippen LogP contribution in [0.3, 0.4) is 0 Å². The molecule has 0 spiro atoms. The maximum absolute atomic E-state index is 2.57. The fourth-order valence-electron chi connectivity index (χ4n) is 5.38. The first kappa shape index (κ1) is 9.24. The second-order valence-corrected chi connectivity index (χ2v) is 6.90. The van der Waals surface area contributed by atoms with Gasteiger partial charge >= 0.3 is 0 Å². The molecule has 2 atom stereocenters. The van der Waals surface area contributed by atoms with Crippen LogP contribution in [0, 0.1) is 28.6 Å². The molecule has 4 rings (SSSR count). The fraction of sp³-hybridized carbons (Fsp3) is 1.00. The summed E-state index contributed by atoms with van der Waals surface area (Å²) in [6.07, 6.45) is 9.25. The largest absolute Gasteiger partial charge is 0.0648 e. The van der Waals surface area contributed by atoms with Gasteiger partial charge in [0, 0.05) is 0 Å². The van der Waals surface area contributed by atoms with E-state index in [1.165, 1.54) is 6.42 Å². The minimum Gasteiger partial charge on any atom is -0.0648 e. The van der Waals surface area contributed by atoms with E-state index < -0.39 is 0 Å². The molecule has 0 aliphatic heterocycles. The summed E-state index contributed by atoms with van der Waals surface area (Å²) in [5, 5.41) is 0. The third kappa shape index (κ3) is 0.907. The molecule has 0 aromatic rings. The molecule has 0 aromatic heterocycles. The molecule has 4 saturated carbocycles. The first-order chi connectivity index (χ1) is 6.57. The van der Waals surface area contributed by atoms with Gasteiger partial charge in [-0.15, -0.1) is 0 Å². The molecule has 0 aromatic carbocycles. The molecule has 4 bridgehead atoms. The van der Waals surface area contributed by atoms with Crippen molar-refractivity contribution in [2.75, 3.05) is 0 Å². The summed E-state index contributed by atoms with van der Waals surface area (Å²) in [7, 11) is 0. The molecule has 2 unspecified atom stereocenters. The summed E-state index contributed by atoms with van der Waals surface area (Å²) in [4.78, 5) is 0. The van der Waals surface area contributed by atoms with Gasteiger partial charge in [0.2, 0.25) is 0 Å². The van der Waals surface area contributed by atoms with Crippen molar-refractivity contribution < 1.29 is 0 Å². The Morgan fingerprint density at radius 2 is 1.57 bits per heavy atom. The van der Waals surface area contributed by atoms with Crippen LogP contribution in [0.25, 0.3) is 0 Å². The van der Waals surface area contributed by atoms with Crippen LogP contribution in [0.2, 0.25) is 0 Å². The summed E-state index contributed by atoms with van der Waals surface area (Å²) in [6.45, 7) is 7.58. The van der Waals surface area contributed by atoms with Crippen LogP contribution in [-0.4, -0.2) is 0 Å². The van der Waals surface area contributed by atoms with Gasteiger partial charge in [0.25, 0.3) is 0 Å². The molecule has 0 heterocycles. The number of rotatable bonds is 1. The van der Waals surface area contributed by atoms with E-state index in [1.54, 1.807) is 32.1 Å². The van der Waals surface area contributed by atoms with Crippen LogP contribution in [-0.2, 0) is 0 Å². The Morgan fingerprint density at radius 1 is 1.00 bits per heavy atom. The van der Waals surface area contributed by atoms with Crippen molar-refractivity contribution in [1.82, 2.24) is 0 Å². The maximum atomic E-state index is 2.57. The van der Waals surface area contributed by atoms with E-state index in [0.717, 1.165) is 23.2 Å². The van der Waals surface area contributed by atoms with Crippen LogP contribution in [0.15, 0.2) is 0 Å². The van der Waals surface area contributed by atoms with Crippen molar-refractivity contribution in [1.29, 1.82) is 0 Å². The lowest BCUT2D eigenvalue weighted by molar-refractivity contribution is -0.161. The number of hydrogen-bond acceptors (Lipinski definition) is 0. The Labute approximate surface area is 88.5 Å². The van der Waals surface area contributed by atoms with Crippen molar-refractivity contribution in [3.05, 3.63) is 0 Å². The lowest BCUT2D eigenvalue weighted by Crippen LogP contribution is -2.57. The van der Waals surface area contributed by atoms with E-state index in [-0.39, 0.29) is 0 Å². The molecule has 0 radical (unpaired) electrons. The first-order valence-electron chi connectivity index (χ1n) is 6.57. The average Bonchev–Trinajstić information content (AvgIpc) is 2.13. The van der Waals surface area contributed by atoms with Gasteiger partial charge in [-0.05, 0) is 67.1 Å². The van der Waals surface area contributed by atoms with E-state index in [2.05, 4.69) is 20.8 Å². The van der Waals surface area contributed by atoms with Gasteiger partial charge in [-0.25, -0.2) is 0 Å². The summed E-state index contributed by atoms with van der Waals surface area (Å²) < 4.78 is 0. The summed E-state index contributed by atoms with van der Waals surface area (Å²) in [5.74, 6) is 3.29. The first-order valence-corrected chi connectivity index (χ1v) is 6.57. The zero-order valence-corrected chi connectivity index (χ0v) is 9.97. The highest BCUT2D eigenvalue weighted by Gasteiger charge is 2.59. The zero-order valence-electron chi connectivity index (χ0n) is 9.97. The highest BCUT2D eigenvalue weighted by atomic mass is 14.6. The SMILES string of the molecule is CCC12CC3CC(CC(C3)C1(C)C)C2. The minimum atomic E-state index is 0.648. The van der Waals surface area contributed by atoms with Gasteiger partial charge in [0.15, 0.2) is 0 Å². The molecule has 0 nitrogen and oxygen atoms in total. The molecule has 80 valence electrons. The van der Waals surface area contributed by atoms with Crippen molar-refractivity contribution in [2.24, 2.45) is 28.6 Å². The lowest BCUT2D eigenvalue weighted by Gasteiger charge is -2.66. The molecular formula is C14H24. The van der Waals surface area contributed by atoms with Crippen LogP contribution < -0.4 is 0 Å². The molecule has 0 amide bonds. The van der Waals surface area contributed by atoms with E-state index in [9.17, 15) is 0 Å². The van der Waals surface area contributed by atoms with E-state index in [0.29, 0.717) is 5.41 Å². The van der Waals surface area contributed by atoms with Crippen molar-refractivity contribution in [3.8, 4) is 0 Å². The van der Waals surface area contributed by atoms with Gasteiger partial charge in [-0.2, -0.15) is 0 Å². The Balaban J connectivity index is 2.02. The molecule has 4 aliphatic carbocycles. The Morgan fingerprint density at radius 3 is 2.07 bits per heavy atom. The Kier molecular flexibility index (Phi) is 1.70. The van der Waals surface area contributed by atoms with Gasteiger partial charge in [0.05, 0.1) is 0 Å².